The van der Waals surface area contributed by atoms with Crippen LogP contribution in [0.5, 0.6) is 0 Å². The zero-order chi connectivity index (χ0) is 11.0. The topological polar surface area (TPSA) is 34.1 Å². The van der Waals surface area contributed by atoms with Crippen LogP contribution >= 0.6 is 0 Å². The van der Waals surface area contributed by atoms with E-state index in [0.29, 0.717) is 4.90 Å². The van der Waals surface area contributed by atoms with Gasteiger partial charge in [-0.15, -0.1) is 0 Å². The highest BCUT2D eigenvalue weighted by Crippen LogP contribution is 2.05. The van der Waals surface area contributed by atoms with Gasteiger partial charge in [-0.25, -0.2) is 8.42 Å². The van der Waals surface area contributed by atoms with Gasteiger partial charge in [-0.1, -0.05) is 44.9 Å². The molecule has 0 unspecified atom stereocenters. The molecular weight excluding hydrogens is 196 g/mol. The summed E-state index contributed by atoms with van der Waals surface area (Å²) in [5, 5.41) is 0. The number of rotatable bonds is 2. The summed E-state index contributed by atoms with van der Waals surface area (Å²) in [5.41, 5.74) is 0. The molecule has 0 saturated heterocycles. The minimum atomic E-state index is -3.00. The van der Waals surface area contributed by atoms with Crippen molar-refractivity contribution in [1.29, 1.82) is 0 Å². The van der Waals surface area contributed by atoms with Gasteiger partial charge in [-0.05, 0) is 12.1 Å². The number of sulfone groups is 1. The zero-order valence-corrected chi connectivity index (χ0v) is 9.84. The van der Waals surface area contributed by atoms with Gasteiger partial charge < -0.3 is 0 Å². The summed E-state index contributed by atoms with van der Waals surface area (Å²) in [6.45, 7) is 4.36. The molecule has 0 aliphatic carbocycles. The second kappa shape index (κ2) is 6.60. The quantitative estimate of drug-likeness (QED) is 0.758. The summed E-state index contributed by atoms with van der Waals surface area (Å²) >= 11 is 0. The predicted octanol–water partition coefficient (Wildman–Crippen LogP) is 2.90. The number of hydrogen-bond donors (Lipinski definition) is 0. The zero-order valence-electron chi connectivity index (χ0n) is 9.03. The average Bonchev–Trinajstić information content (AvgIpc) is 2.18. The molecule has 0 heterocycles. The van der Waals surface area contributed by atoms with Gasteiger partial charge in [0, 0.05) is 6.26 Å². The molecule has 3 heteroatoms. The van der Waals surface area contributed by atoms with Crippen molar-refractivity contribution in [3.05, 3.63) is 30.3 Å². The Labute approximate surface area is 86.9 Å². The van der Waals surface area contributed by atoms with Crippen molar-refractivity contribution in [2.45, 2.75) is 31.6 Å². The second-order valence-corrected chi connectivity index (χ2v) is 5.10. The third kappa shape index (κ3) is 5.75. The summed E-state index contributed by atoms with van der Waals surface area (Å²) in [6, 6.07) is 8.35. The maximum absolute atomic E-state index is 10.8. The molecule has 0 bridgehead atoms. The lowest BCUT2D eigenvalue weighted by Gasteiger charge is -1.93. The maximum Gasteiger partial charge on any atom is 0.175 e. The molecule has 0 aliphatic heterocycles. The van der Waals surface area contributed by atoms with Crippen LogP contribution in [0.3, 0.4) is 0 Å². The number of hydrogen-bond acceptors (Lipinski definition) is 2. The fourth-order valence-electron chi connectivity index (χ4n) is 0.668. The summed E-state index contributed by atoms with van der Waals surface area (Å²) in [4.78, 5) is 0.370. The van der Waals surface area contributed by atoms with Gasteiger partial charge in [0.1, 0.15) is 0 Å². The van der Waals surface area contributed by atoms with Crippen LogP contribution in [0.25, 0.3) is 0 Å². The Morgan fingerprint density at radius 1 is 1.00 bits per heavy atom. The fourth-order valence-corrected chi connectivity index (χ4v) is 1.32. The molecule has 0 saturated carbocycles. The molecule has 1 aromatic rings. The molecule has 2 nitrogen and oxygen atoms in total. The highest BCUT2D eigenvalue weighted by atomic mass is 32.2. The lowest BCUT2D eigenvalue weighted by molar-refractivity contribution is 0.602. The second-order valence-electron chi connectivity index (χ2n) is 3.09. The Kier molecular flexibility index (Phi) is 6.21. The molecule has 0 radical (unpaired) electrons. The minimum Gasteiger partial charge on any atom is -0.224 e. The standard InChI is InChI=1S/C7H8O2S.C4H10/c1-10(8,9)7-5-3-2-4-6-7;1-3-4-2/h2-6H,1H3;3-4H2,1-2H3. The number of benzene rings is 1. The van der Waals surface area contributed by atoms with E-state index < -0.39 is 9.84 Å². The highest BCUT2D eigenvalue weighted by molar-refractivity contribution is 7.90. The van der Waals surface area contributed by atoms with E-state index in [1.807, 2.05) is 0 Å². The highest BCUT2D eigenvalue weighted by Gasteiger charge is 2.02. The summed E-state index contributed by atoms with van der Waals surface area (Å²) < 4.78 is 21.7. The number of unbranched alkanes of at least 4 members (excludes halogenated alkanes) is 1. The van der Waals surface area contributed by atoms with Gasteiger partial charge in [0.2, 0.25) is 0 Å². The van der Waals surface area contributed by atoms with Crippen LogP contribution in [0, 0.1) is 0 Å². The Hall–Kier alpha value is -0.830. The first-order valence-electron chi connectivity index (χ1n) is 4.77. The first kappa shape index (κ1) is 13.2. The lowest BCUT2D eigenvalue weighted by atomic mass is 10.4. The van der Waals surface area contributed by atoms with E-state index in [4.69, 9.17) is 0 Å². The molecule has 80 valence electrons. The van der Waals surface area contributed by atoms with Crippen LogP contribution in [-0.4, -0.2) is 14.7 Å². The van der Waals surface area contributed by atoms with Crippen molar-refractivity contribution in [2.24, 2.45) is 0 Å². The smallest absolute Gasteiger partial charge is 0.175 e. The predicted molar refractivity (Wildman–Crippen MR) is 60.1 cm³/mol. The molecule has 0 aliphatic rings. The van der Waals surface area contributed by atoms with E-state index in [2.05, 4.69) is 13.8 Å². The summed E-state index contributed by atoms with van der Waals surface area (Å²) in [5.74, 6) is 0. The van der Waals surface area contributed by atoms with Crippen LogP contribution in [0.4, 0.5) is 0 Å². The van der Waals surface area contributed by atoms with Crippen molar-refractivity contribution >= 4 is 9.84 Å². The molecule has 0 amide bonds. The Bertz CT molecular complexity index is 326. The molecule has 0 atom stereocenters. The molecule has 0 N–H and O–H groups in total. The van der Waals surface area contributed by atoms with Gasteiger partial charge in [0.05, 0.1) is 4.90 Å². The maximum atomic E-state index is 10.8. The van der Waals surface area contributed by atoms with Crippen molar-refractivity contribution in [3.8, 4) is 0 Å². The summed E-state index contributed by atoms with van der Waals surface area (Å²) in [7, 11) is -3.00. The van der Waals surface area contributed by atoms with Crippen LogP contribution in [-0.2, 0) is 9.84 Å². The normalized spacial score (nSPS) is 10.2. The lowest BCUT2D eigenvalue weighted by Crippen LogP contribution is -1.95. The molecule has 14 heavy (non-hydrogen) atoms. The van der Waals surface area contributed by atoms with E-state index in [1.54, 1.807) is 30.3 Å². The Balaban J connectivity index is 0.000000364. The van der Waals surface area contributed by atoms with Gasteiger partial charge in [0.25, 0.3) is 0 Å². The van der Waals surface area contributed by atoms with Crippen molar-refractivity contribution in [1.82, 2.24) is 0 Å². The van der Waals surface area contributed by atoms with Gasteiger partial charge >= 0.3 is 0 Å². The molecule has 0 spiro atoms. The first-order valence-corrected chi connectivity index (χ1v) is 6.66. The van der Waals surface area contributed by atoms with Crippen LogP contribution < -0.4 is 0 Å². The molecule has 1 rings (SSSR count). The minimum absolute atomic E-state index is 0.370. The monoisotopic (exact) mass is 214 g/mol. The van der Waals surface area contributed by atoms with Crippen molar-refractivity contribution < 1.29 is 8.42 Å². The first-order chi connectivity index (χ1) is 6.52. The largest absolute Gasteiger partial charge is 0.224 e. The molecule has 0 aromatic heterocycles. The third-order valence-corrected chi connectivity index (χ3v) is 2.80. The third-order valence-electron chi connectivity index (χ3n) is 1.67. The summed E-state index contributed by atoms with van der Waals surface area (Å²) in [6.07, 6.45) is 3.84. The van der Waals surface area contributed by atoms with Gasteiger partial charge in [0.15, 0.2) is 9.84 Å². The molecule has 0 fully saturated rings. The van der Waals surface area contributed by atoms with Gasteiger partial charge in [-0.2, -0.15) is 0 Å². The van der Waals surface area contributed by atoms with Crippen LogP contribution in [0.1, 0.15) is 26.7 Å². The van der Waals surface area contributed by atoms with E-state index in [1.165, 1.54) is 19.1 Å². The molecular formula is C11H18O2S. The fraction of sp³-hybridized carbons (Fsp3) is 0.455. The van der Waals surface area contributed by atoms with E-state index in [0.717, 1.165) is 0 Å². The van der Waals surface area contributed by atoms with E-state index in [-0.39, 0.29) is 0 Å². The van der Waals surface area contributed by atoms with E-state index >= 15 is 0 Å². The van der Waals surface area contributed by atoms with Crippen molar-refractivity contribution in [2.75, 3.05) is 6.26 Å². The van der Waals surface area contributed by atoms with E-state index in [9.17, 15) is 8.42 Å². The average molecular weight is 214 g/mol. The van der Waals surface area contributed by atoms with Gasteiger partial charge in [-0.3, -0.25) is 0 Å². The Morgan fingerprint density at radius 2 is 1.43 bits per heavy atom. The Morgan fingerprint density at radius 3 is 1.64 bits per heavy atom. The van der Waals surface area contributed by atoms with Crippen molar-refractivity contribution in [3.63, 3.8) is 0 Å². The SMILES string of the molecule is CCCC.CS(=O)(=O)c1ccccc1. The van der Waals surface area contributed by atoms with Crippen LogP contribution in [0.15, 0.2) is 35.2 Å². The molecule has 1 aromatic carbocycles. The van der Waals surface area contributed by atoms with Crippen LogP contribution in [0.2, 0.25) is 0 Å².